The van der Waals surface area contributed by atoms with Crippen LogP contribution in [0, 0.1) is 0 Å². The van der Waals surface area contributed by atoms with Crippen LogP contribution < -0.4 is 0 Å². The third-order valence-electron chi connectivity index (χ3n) is 14.3. The molecule has 4 saturated heterocycles. The Morgan fingerprint density at radius 1 is 0.267 bits per heavy atom. The Kier molecular flexibility index (Phi) is 13.0. The van der Waals surface area contributed by atoms with Crippen molar-refractivity contribution >= 4 is 0 Å². The lowest BCUT2D eigenvalue weighted by Gasteiger charge is -2.28. The number of likely N-dealkylation sites (tertiary alicyclic amines) is 4. The van der Waals surface area contributed by atoms with Crippen molar-refractivity contribution in [1.82, 2.24) is 19.6 Å². The van der Waals surface area contributed by atoms with E-state index >= 15 is 0 Å². The van der Waals surface area contributed by atoms with Crippen LogP contribution in [0.3, 0.4) is 0 Å². The number of hydrogen-bond donors (Lipinski definition) is 4. The van der Waals surface area contributed by atoms with Crippen molar-refractivity contribution in [3.8, 4) is 23.0 Å². The van der Waals surface area contributed by atoms with Gasteiger partial charge in [0.15, 0.2) is 0 Å². The van der Waals surface area contributed by atoms with Gasteiger partial charge in [-0.05, 0) is 170 Å². The largest absolute Gasteiger partial charge is 0.507 e. The maximum atomic E-state index is 12.3. The first-order valence-corrected chi connectivity index (χ1v) is 23.6. The van der Waals surface area contributed by atoms with Crippen LogP contribution in [-0.2, 0) is 51.9 Å². The molecule has 8 nitrogen and oxygen atoms in total. The fraction of sp³-hybridized carbons (Fsp3) is 0.538. The predicted molar refractivity (Wildman–Crippen MR) is 240 cm³/mol. The van der Waals surface area contributed by atoms with Gasteiger partial charge in [0, 0.05) is 51.9 Å². The molecular weight excluding hydrogens is 745 g/mol. The summed E-state index contributed by atoms with van der Waals surface area (Å²) in [6, 6.07) is 17.3. The molecule has 4 fully saturated rings. The summed E-state index contributed by atoms with van der Waals surface area (Å²) in [7, 11) is 0. The highest BCUT2D eigenvalue weighted by atomic mass is 16.3. The molecule has 0 spiro atoms. The van der Waals surface area contributed by atoms with E-state index in [0.717, 1.165) is 145 Å². The van der Waals surface area contributed by atoms with E-state index in [4.69, 9.17) is 0 Å². The minimum Gasteiger partial charge on any atom is -0.507 e. The van der Waals surface area contributed by atoms with E-state index in [1.54, 1.807) is 0 Å². The zero-order chi connectivity index (χ0) is 41.0. The third-order valence-corrected chi connectivity index (χ3v) is 14.3. The van der Waals surface area contributed by atoms with E-state index in [9.17, 15) is 20.4 Å². The summed E-state index contributed by atoms with van der Waals surface area (Å²) in [5.74, 6) is 0.998. The molecule has 9 rings (SSSR count). The molecule has 4 aromatic rings. The molecule has 0 atom stereocenters. The van der Waals surface area contributed by atoms with Gasteiger partial charge in [0.25, 0.3) is 0 Å². The topological polar surface area (TPSA) is 93.9 Å². The van der Waals surface area contributed by atoms with Crippen LogP contribution in [0.2, 0.25) is 0 Å². The lowest BCUT2D eigenvalue weighted by atomic mass is 9.88. The molecule has 4 N–H and O–H groups in total. The van der Waals surface area contributed by atoms with Gasteiger partial charge in [0.2, 0.25) is 0 Å². The molecule has 4 aliphatic heterocycles. The first kappa shape index (κ1) is 41.3. The molecule has 320 valence electrons. The van der Waals surface area contributed by atoms with Crippen molar-refractivity contribution in [3.63, 3.8) is 0 Å². The lowest BCUT2D eigenvalue weighted by molar-refractivity contribution is 0.220. The Bertz CT molecular complexity index is 1730. The fourth-order valence-corrected chi connectivity index (χ4v) is 11.1. The van der Waals surface area contributed by atoms with Crippen LogP contribution in [-0.4, -0.2) is 92.4 Å². The van der Waals surface area contributed by atoms with E-state index < -0.39 is 0 Å². The molecule has 4 aromatic carbocycles. The number of nitrogens with zero attached hydrogens (tertiary/aromatic N) is 4. The second-order valence-corrected chi connectivity index (χ2v) is 19.1. The monoisotopic (exact) mass is 813 g/mol. The zero-order valence-corrected chi connectivity index (χ0v) is 36.0. The standard InChI is InChI=1S/C52H68N4O4/c57-49-41-21-37(33-53-13-5-1-6-14-53)22-42(49)30-44-24-39(35-55-17-9-3-10-18-55)26-46(51(44)59)32-48-28-40(36-56-19-11-4-12-20-56)27-47(52(48)60)31-45-25-38(23-43(29-41)50(45)58)34-54-15-7-2-8-16-54/h21-28,57-60H,1-20,29-36H2. The highest BCUT2D eigenvalue weighted by Crippen LogP contribution is 2.40. The van der Waals surface area contributed by atoms with Crippen LogP contribution in [0.25, 0.3) is 0 Å². The number of fused-ring (bicyclic) bond motifs is 8. The molecule has 0 aromatic heterocycles. The van der Waals surface area contributed by atoms with Gasteiger partial charge in [-0.3, -0.25) is 19.6 Å². The summed E-state index contributed by atoms with van der Waals surface area (Å²) in [5.41, 5.74) is 11.1. The minimum atomic E-state index is 0.250. The van der Waals surface area contributed by atoms with E-state index in [-0.39, 0.29) is 23.0 Å². The fourth-order valence-electron chi connectivity index (χ4n) is 11.1. The number of phenols is 4. The summed E-state index contributed by atoms with van der Waals surface area (Å²) in [5, 5.41) is 49.1. The Morgan fingerprint density at radius 2 is 0.433 bits per heavy atom. The Labute approximate surface area is 358 Å². The van der Waals surface area contributed by atoms with Crippen molar-refractivity contribution < 1.29 is 20.4 Å². The van der Waals surface area contributed by atoms with Gasteiger partial charge in [-0.2, -0.15) is 0 Å². The van der Waals surface area contributed by atoms with E-state index in [0.29, 0.717) is 25.7 Å². The highest BCUT2D eigenvalue weighted by Gasteiger charge is 2.24. The SMILES string of the molecule is Oc1c2cc(CN3CCCCC3)cc1Cc1cc(CN3CCCCC3)cc(c1O)Cc1cc(CN3CCCCC3)cc(c1O)Cc1cc(CN3CCCCC3)cc(c1O)C2. The molecule has 0 amide bonds. The summed E-state index contributed by atoms with van der Waals surface area (Å²) in [4.78, 5) is 10.1. The molecule has 5 aliphatic rings. The maximum Gasteiger partial charge on any atom is 0.122 e. The maximum absolute atomic E-state index is 12.3. The first-order valence-electron chi connectivity index (χ1n) is 23.6. The second-order valence-electron chi connectivity index (χ2n) is 19.1. The Morgan fingerprint density at radius 3 is 0.600 bits per heavy atom. The number of rotatable bonds is 8. The predicted octanol–water partition coefficient (Wildman–Crippen LogP) is 9.13. The summed E-state index contributed by atoms with van der Waals surface area (Å²) >= 11 is 0. The number of phenolic OH excluding ortho intramolecular Hbond substituents is 4. The normalized spacial score (nSPS) is 20.0. The summed E-state index contributed by atoms with van der Waals surface area (Å²) < 4.78 is 0. The van der Waals surface area contributed by atoms with Gasteiger partial charge < -0.3 is 20.4 Å². The van der Waals surface area contributed by atoms with Crippen molar-refractivity contribution in [2.75, 3.05) is 52.4 Å². The number of piperidine rings is 4. The first-order chi connectivity index (χ1) is 29.3. The molecule has 60 heavy (non-hydrogen) atoms. The van der Waals surface area contributed by atoms with Crippen molar-refractivity contribution in [1.29, 1.82) is 0 Å². The third kappa shape index (κ3) is 9.83. The second kappa shape index (κ2) is 18.9. The van der Waals surface area contributed by atoms with Crippen LogP contribution in [0.5, 0.6) is 23.0 Å². The Balaban J connectivity index is 1.19. The summed E-state index contributed by atoms with van der Waals surface area (Å²) in [6.07, 6.45) is 16.3. The quantitative estimate of drug-likeness (QED) is 0.123. The molecule has 1 aliphatic carbocycles. The summed E-state index contributed by atoms with van der Waals surface area (Å²) in [6.45, 7) is 11.8. The van der Waals surface area contributed by atoms with Gasteiger partial charge in [-0.15, -0.1) is 0 Å². The van der Waals surface area contributed by atoms with Crippen molar-refractivity contribution in [2.45, 2.75) is 129 Å². The van der Waals surface area contributed by atoms with Crippen LogP contribution in [0.15, 0.2) is 48.5 Å². The van der Waals surface area contributed by atoms with E-state index in [1.165, 1.54) is 77.0 Å². The molecule has 0 radical (unpaired) electrons. The van der Waals surface area contributed by atoms with Crippen molar-refractivity contribution in [3.05, 3.63) is 115 Å². The Hall–Kier alpha value is -4.08. The van der Waals surface area contributed by atoms with Gasteiger partial charge in [0.05, 0.1) is 0 Å². The average molecular weight is 813 g/mol. The molecular formula is C52H68N4O4. The number of aromatic hydroxyl groups is 4. The smallest absolute Gasteiger partial charge is 0.122 e. The highest BCUT2D eigenvalue weighted by molar-refractivity contribution is 5.57. The lowest BCUT2D eigenvalue weighted by Crippen LogP contribution is -2.29. The van der Waals surface area contributed by atoms with Gasteiger partial charge >= 0.3 is 0 Å². The number of benzene rings is 4. The molecule has 8 bridgehead atoms. The molecule has 8 heteroatoms. The van der Waals surface area contributed by atoms with E-state index in [1.807, 2.05) is 0 Å². The van der Waals surface area contributed by atoms with Crippen LogP contribution in [0.1, 0.15) is 144 Å². The zero-order valence-electron chi connectivity index (χ0n) is 36.0. The van der Waals surface area contributed by atoms with Gasteiger partial charge in [-0.1, -0.05) is 74.2 Å². The van der Waals surface area contributed by atoms with Crippen molar-refractivity contribution in [2.24, 2.45) is 0 Å². The van der Waals surface area contributed by atoms with Gasteiger partial charge in [0.1, 0.15) is 23.0 Å². The van der Waals surface area contributed by atoms with E-state index in [2.05, 4.69) is 68.1 Å². The molecule has 4 heterocycles. The minimum absolute atomic E-state index is 0.250. The van der Waals surface area contributed by atoms with Crippen LogP contribution in [0.4, 0.5) is 0 Å². The van der Waals surface area contributed by atoms with Crippen LogP contribution >= 0.6 is 0 Å². The van der Waals surface area contributed by atoms with Gasteiger partial charge in [-0.25, -0.2) is 0 Å². The number of hydrogen-bond acceptors (Lipinski definition) is 8. The molecule has 0 saturated carbocycles. The average Bonchev–Trinajstić information content (AvgIpc) is 3.25. The molecule has 0 unspecified atom stereocenters.